The Morgan fingerprint density at radius 2 is 1.78 bits per heavy atom. The topological polar surface area (TPSA) is 71.8 Å². The number of benzene rings is 1. The van der Waals surface area contributed by atoms with Crippen molar-refractivity contribution in [3.8, 4) is 11.3 Å². The van der Waals surface area contributed by atoms with Gasteiger partial charge in [0, 0.05) is 17.3 Å². The molecule has 194 valence electrons. The van der Waals surface area contributed by atoms with E-state index in [4.69, 9.17) is 4.98 Å². The maximum absolute atomic E-state index is 15.0. The molecule has 5 rings (SSSR count). The van der Waals surface area contributed by atoms with E-state index in [0.29, 0.717) is 28.6 Å². The molecule has 9 heteroatoms. The average Bonchev–Trinajstić information content (AvgIpc) is 3.20. The molecule has 1 aromatic carbocycles. The van der Waals surface area contributed by atoms with Crippen LogP contribution in [0.2, 0.25) is 0 Å². The second-order valence-electron chi connectivity index (χ2n) is 10.4. The molecular weight excluding hydrogens is 472 g/mol. The molecule has 1 fully saturated rings. The Morgan fingerprint density at radius 3 is 2.49 bits per heavy atom. The number of piperidine rings is 1. The first-order valence-corrected chi connectivity index (χ1v) is 12.8. The molecule has 0 unspecified atom stereocenters. The summed E-state index contributed by atoms with van der Waals surface area (Å²) >= 11 is 0. The lowest BCUT2D eigenvalue weighted by atomic mass is 9.90. The first-order valence-electron chi connectivity index (χ1n) is 12.8. The summed E-state index contributed by atoms with van der Waals surface area (Å²) in [5.41, 5.74) is 3.41. The number of imidazole rings is 1. The zero-order valence-corrected chi connectivity index (χ0v) is 22.0. The number of pyridine rings is 1. The number of fused-ring (bicyclic) bond motifs is 1. The van der Waals surface area contributed by atoms with Crippen molar-refractivity contribution in [2.75, 3.05) is 25.5 Å². The molecule has 1 saturated heterocycles. The van der Waals surface area contributed by atoms with E-state index in [-0.39, 0.29) is 23.2 Å². The molecule has 7 nitrogen and oxygen atoms in total. The third-order valence-corrected chi connectivity index (χ3v) is 7.24. The molecule has 1 aliphatic heterocycles. The minimum absolute atomic E-state index is 0.0167. The Bertz CT molecular complexity index is 1440. The van der Waals surface area contributed by atoms with Gasteiger partial charge in [-0.1, -0.05) is 6.07 Å². The quantitative estimate of drug-likeness (QED) is 0.347. The van der Waals surface area contributed by atoms with Gasteiger partial charge in [0.05, 0.1) is 11.7 Å². The van der Waals surface area contributed by atoms with E-state index in [0.717, 1.165) is 31.4 Å². The minimum Gasteiger partial charge on any atom is -0.326 e. The highest BCUT2D eigenvalue weighted by atomic mass is 19.1. The van der Waals surface area contributed by atoms with E-state index in [1.807, 2.05) is 38.3 Å². The van der Waals surface area contributed by atoms with Crippen molar-refractivity contribution in [1.82, 2.24) is 29.4 Å². The fourth-order valence-corrected chi connectivity index (χ4v) is 5.25. The van der Waals surface area contributed by atoms with Crippen LogP contribution in [-0.4, -0.2) is 49.5 Å². The molecule has 0 atom stereocenters. The molecule has 4 aromatic rings. The number of halogens is 2. The SMILES string of the molecule is Cc1nc(Nc2ncc(F)c(-c3cc(F)c4nc(C)n(C(C)C)c4c3)n2)ccc1CC1CCN(C)CC1. The monoisotopic (exact) mass is 505 g/mol. The zero-order chi connectivity index (χ0) is 26.3. The summed E-state index contributed by atoms with van der Waals surface area (Å²) in [5, 5.41) is 3.09. The summed E-state index contributed by atoms with van der Waals surface area (Å²) in [6, 6.07) is 7.07. The summed E-state index contributed by atoms with van der Waals surface area (Å²) in [7, 11) is 2.17. The third kappa shape index (κ3) is 5.18. The molecule has 1 aliphatic rings. The molecule has 0 saturated carbocycles. The Labute approximate surface area is 216 Å². The molecule has 0 spiro atoms. The zero-order valence-electron chi connectivity index (χ0n) is 22.0. The van der Waals surface area contributed by atoms with Gasteiger partial charge in [0.1, 0.15) is 22.9 Å². The van der Waals surface area contributed by atoms with Gasteiger partial charge in [0.25, 0.3) is 0 Å². The summed E-state index contributed by atoms with van der Waals surface area (Å²) in [6.45, 7) is 10.1. The van der Waals surface area contributed by atoms with Crippen molar-refractivity contribution in [2.24, 2.45) is 5.92 Å². The number of hydrogen-bond donors (Lipinski definition) is 1. The van der Waals surface area contributed by atoms with E-state index in [1.54, 1.807) is 6.07 Å². The van der Waals surface area contributed by atoms with Gasteiger partial charge >= 0.3 is 0 Å². The van der Waals surface area contributed by atoms with E-state index >= 15 is 0 Å². The fraction of sp³-hybridized carbons (Fsp3) is 0.429. The standard InChI is InChI=1S/C28H33F2N7/c1-16(2)37-18(4)33-27-22(29)13-21(14-24(27)37)26-23(30)15-31-28(35-26)34-25-7-6-20(17(3)32-25)12-19-8-10-36(5)11-9-19/h6-7,13-16,19H,8-12H2,1-5H3,(H,31,32,34,35). The molecule has 3 aromatic heterocycles. The molecule has 0 aliphatic carbocycles. The number of nitrogens with one attached hydrogen (secondary N) is 1. The van der Waals surface area contributed by atoms with Crippen molar-refractivity contribution in [3.05, 3.63) is 59.2 Å². The first-order chi connectivity index (χ1) is 17.7. The van der Waals surface area contributed by atoms with Gasteiger partial charge in [-0.2, -0.15) is 0 Å². The summed E-state index contributed by atoms with van der Waals surface area (Å²) in [4.78, 5) is 19.9. The van der Waals surface area contributed by atoms with E-state index in [1.165, 1.54) is 24.5 Å². The van der Waals surface area contributed by atoms with Crippen molar-refractivity contribution in [1.29, 1.82) is 0 Å². The largest absolute Gasteiger partial charge is 0.326 e. The van der Waals surface area contributed by atoms with Crippen LogP contribution >= 0.6 is 0 Å². The molecule has 0 radical (unpaired) electrons. The van der Waals surface area contributed by atoms with Gasteiger partial charge in [-0.25, -0.2) is 28.7 Å². The third-order valence-electron chi connectivity index (χ3n) is 7.24. The smallest absolute Gasteiger partial charge is 0.229 e. The molecule has 1 N–H and O–H groups in total. The molecule has 37 heavy (non-hydrogen) atoms. The van der Waals surface area contributed by atoms with Gasteiger partial charge in [-0.15, -0.1) is 0 Å². The number of likely N-dealkylation sites (tertiary alicyclic amines) is 1. The van der Waals surface area contributed by atoms with Crippen LogP contribution in [0.3, 0.4) is 0 Å². The average molecular weight is 506 g/mol. The molecule has 0 bridgehead atoms. The second-order valence-corrected chi connectivity index (χ2v) is 10.4. The van der Waals surface area contributed by atoms with Crippen LogP contribution < -0.4 is 5.32 Å². The Balaban J connectivity index is 1.40. The predicted octanol–water partition coefficient (Wildman–Crippen LogP) is 5.99. The van der Waals surface area contributed by atoms with Crippen LogP contribution in [0, 0.1) is 31.4 Å². The summed E-state index contributed by atoms with van der Waals surface area (Å²) in [5.74, 6) is 1.01. The van der Waals surface area contributed by atoms with Gasteiger partial charge in [0.15, 0.2) is 11.6 Å². The van der Waals surface area contributed by atoms with E-state index in [2.05, 4.69) is 38.3 Å². The maximum atomic E-state index is 15.0. The van der Waals surface area contributed by atoms with Crippen LogP contribution in [0.15, 0.2) is 30.5 Å². The van der Waals surface area contributed by atoms with Crippen LogP contribution in [0.4, 0.5) is 20.5 Å². The second kappa shape index (κ2) is 10.1. The first kappa shape index (κ1) is 25.2. The van der Waals surface area contributed by atoms with E-state index < -0.39 is 11.6 Å². The van der Waals surface area contributed by atoms with Crippen LogP contribution in [0.5, 0.6) is 0 Å². The van der Waals surface area contributed by atoms with Crippen LogP contribution in [-0.2, 0) is 6.42 Å². The van der Waals surface area contributed by atoms with Gasteiger partial charge < -0.3 is 14.8 Å². The van der Waals surface area contributed by atoms with Gasteiger partial charge in [-0.05, 0) is 96.8 Å². The Hall–Kier alpha value is -3.46. The number of anilines is 2. The lowest BCUT2D eigenvalue weighted by Gasteiger charge is -2.29. The molecule has 0 amide bonds. The Morgan fingerprint density at radius 1 is 1.03 bits per heavy atom. The highest BCUT2D eigenvalue weighted by molar-refractivity contribution is 5.83. The number of nitrogens with zero attached hydrogens (tertiary/aromatic N) is 6. The number of rotatable bonds is 6. The van der Waals surface area contributed by atoms with Gasteiger partial charge in [0.2, 0.25) is 5.95 Å². The minimum atomic E-state index is -0.630. The van der Waals surface area contributed by atoms with Crippen molar-refractivity contribution >= 4 is 22.8 Å². The normalized spacial score (nSPS) is 15.1. The Kier molecular flexibility index (Phi) is 6.90. The summed E-state index contributed by atoms with van der Waals surface area (Å²) in [6.07, 6.45) is 4.52. The van der Waals surface area contributed by atoms with Crippen LogP contribution in [0.25, 0.3) is 22.3 Å². The number of hydrogen-bond acceptors (Lipinski definition) is 6. The lowest BCUT2D eigenvalue weighted by Crippen LogP contribution is -2.31. The van der Waals surface area contributed by atoms with Crippen molar-refractivity contribution < 1.29 is 8.78 Å². The highest BCUT2D eigenvalue weighted by Crippen LogP contribution is 2.30. The summed E-state index contributed by atoms with van der Waals surface area (Å²) < 4.78 is 31.7. The van der Waals surface area contributed by atoms with Gasteiger partial charge in [-0.3, -0.25) is 0 Å². The maximum Gasteiger partial charge on any atom is 0.229 e. The van der Waals surface area contributed by atoms with E-state index in [9.17, 15) is 8.78 Å². The highest BCUT2D eigenvalue weighted by Gasteiger charge is 2.20. The number of aromatic nitrogens is 5. The molecule has 4 heterocycles. The fourth-order valence-electron chi connectivity index (χ4n) is 5.25. The van der Waals surface area contributed by atoms with Crippen molar-refractivity contribution in [3.63, 3.8) is 0 Å². The van der Waals surface area contributed by atoms with Crippen molar-refractivity contribution in [2.45, 2.75) is 53.0 Å². The van der Waals surface area contributed by atoms with Crippen LogP contribution in [0.1, 0.15) is 49.8 Å². The number of aryl methyl sites for hydroxylation is 2. The predicted molar refractivity (Wildman–Crippen MR) is 142 cm³/mol. The molecular formula is C28H33F2N7. The lowest BCUT2D eigenvalue weighted by molar-refractivity contribution is 0.219.